The van der Waals surface area contributed by atoms with Crippen LogP contribution < -0.4 is 5.32 Å². The zero-order valence-electron chi connectivity index (χ0n) is 11.2. The van der Waals surface area contributed by atoms with Gasteiger partial charge in [0.1, 0.15) is 0 Å². The molecule has 0 radical (unpaired) electrons. The molecule has 112 valence electrons. The van der Waals surface area contributed by atoms with Crippen molar-refractivity contribution in [3.8, 4) is 0 Å². The third-order valence-electron chi connectivity index (χ3n) is 2.82. The minimum absolute atomic E-state index is 0.0965. The van der Waals surface area contributed by atoms with Crippen LogP contribution in [-0.2, 0) is 15.7 Å². The van der Waals surface area contributed by atoms with Crippen molar-refractivity contribution in [1.29, 1.82) is 0 Å². The smallest absolute Gasteiger partial charge is 0.416 e. The molecular weight excluding hydrogens is 303 g/mol. The molecule has 0 unspecified atom stereocenters. The molecule has 0 amide bonds. The van der Waals surface area contributed by atoms with Crippen molar-refractivity contribution in [2.75, 3.05) is 13.3 Å². The van der Waals surface area contributed by atoms with Gasteiger partial charge < -0.3 is 10.1 Å². The van der Waals surface area contributed by atoms with E-state index in [0.29, 0.717) is 0 Å². The van der Waals surface area contributed by atoms with E-state index >= 15 is 0 Å². The Balaban J connectivity index is 2.50. The van der Waals surface area contributed by atoms with E-state index in [1.807, 2.05) is 0 Å². The van der Waals surface area contributed by atoms with E-state index in [1.54, 1.807) is 6.26 Å². The van der Waals surface area contributed by atoms with Gasteiger partial charge in [0, 0.05) is 12.5 Å². The lowest BCUT2D eigenvalue weighted by atomic mass is 10.0. The maximum absolute atomic E-state index is 12.8. The molecule has 0 atom stereocenters. The highest BCUT2D eigenvalue weighted by atomic mass is 32.2. The monoisotopic (exact) mass is 315 g/mol. The molecule has 1 N–H and O–H groups in total. The van der Waals surface area contributed by atoms with E-state index in [9.17, 15) is 18.0 Å². The minimum atomic E-state index is -4.46. The maximum Gasteiger partial charge on any atom is 0.416 e. The van der Waals surface area contributed by atoms with Gasteiger partial charge >= 0.3 is 6.18 Å². The van der Waals surface area contributed by atoms with Gasteiger partial charge in [0.2, 0.25) is 11.7 Å². The average Bonchev–Trinajstić information content (AvgIpc) is 2.75. The van der Waals surface area contributed by atoms with E-state index in [0.717, 1.165) is 12.1 Å². The highest BCUT2D eigenvalue weighted by Crippen LogP contribution is 2.35. The summed E-state index contributed by atoms with van der Waals surface area (Å²) in [7, 11) is 1.54. The number of hydrogen-bond acceptors (Lipinski definition) is 4. The number of allylic oxidation sites excluding steroid dienone is 1. The Morgan fingerprint density at radius 3 is 2.62 bits per heavy atom. The molecule has 1 aromatic carbocycles. The molecular formula is C14H12F3NO2S. The maximum atomic E-state index is 12.8. The Labute approximate surface area is 123 Å². The largest absolute Gasteiger partial charge is 0.436 e. The second kappa shape index (κ2) is 5.85. The summed E-state index contributed by atoms with van der Waals surface area (Å²) in [5.74, 6) is -0.188. The summed E-state index contributed by atoms with van der Waals surface area (Å²) in [6.07, 6.45) is -2.71. The molecule has 0 fully saturated rings. The molecule has 0 aromatic heterocycles. The molecule has 7 heteroatoms. The number of rotatable bonds is 3. The quantitative estimate of drug-likeness (QED) is 0.868. The standard InChI is InChI=1S/C14H12F3NO2S/c1-18-13-11(12(19)10(20-13)7-21-2)8-4-3-5-9(6-8)14(15,16)17/h3-7,18H,1-2H3. The van der Waals surface area contributed by atoms with Crippen LogP contribution in [0.25, 0.3) is 5.57 Å². The molecule has 1 aliphatic rings. The van der Waals surface area contributed by atoms with Crippen LogP contribution in [0.5, 0.6) is 0 Å². The lowest BCUT2D eigenvalue weighted by Gasteiger charge is -2.09. The molecule has 1 aliphatic heterocycles. The summed E-state index contributed by atoms with van der Waals surface area (Å²) >= 11 is 1.28. The number of ketones is 1. The van der Waals surface area contributed by atoms with Gasteiger partial charge in [-0.05, 0) is 24.0 Å². The SMILES string of the molecule is CNC1=C(c2cccc(C(F)(F)F)c2)C(=O)C(=CSC)O1. The first kappa shape index (κ1) is 15.5. The average molecular weight is 315 g/mol. The van der Waals surface area contributed by atoms with Crippen LogP contribution in [0.3, 0.4) is 0 Å². The zero-order chi connectivity index (χ0) is 15.6. The molecule has 0 saturated heterocycles. The van der Waals surface area contributed by atoms with Crippen molar-refractivity contribution in [3.05, 3.63) is 52.4 Å². The summed E-state index contributed by atoms with van der Waals surface area (Å²) in [5, 5.41) is 4.21. The van der Waals surface area contributed by atoms with Crippen molar-refractivity contribution in [2.24, 2.45) is 0 Å². The Morgan fingerprint density at radius 1 is 1.33 bits per heavy atom. The Hall–Kier alpha value is -1.89. The Morgan fingerprint density at radius 2 is 2.05 bits per heavy atom. The van der Waals surface area contributed by atoms with Crippen molar-refractivity contribution in [3.63, 3.8) is 0 Å². The fourth-order valence-corrected chi connectivity index (χ4v) is 2.28. The van der Waals surface area contributed by atoms with E-state index in [-0.39, 0.29) is 22.8 Å². The predicted octanol–water partition coefficient (Wildman–Crippen LogP) is 3.40. The molecule has 1 heterocycles. The van der Waals surface area contributed by atoms with Crippen molar-refractivity contribution < 1.29 is 22.7 Å². The molecule has 3 nitrogen and oxygen atoms in total. The Bertz CT molecular complexity index is 635. The first-order valence-electron chi connectivity index (χ1n) is 5.93. The van der Waals surface area contributed by atoms with E-state index in [4.69, 9.17) is 4.74 Å². The van der Waals surface area contributed by atoms with Crippen LogP contribution in [-0.4, -0.2) is 19.1 Å². The van der Waals surface area contributed by atoms with Crippen LogP contribution >= 0.6 is 11.8 Å². The summed E-state index contributed by atoms with van der Waals surface area (Å²) in [6, 6.07) is 4.62. The number of thioether (sulfide) groups is 1. The van der Waals surface area contributed by atoms with Gasteiger partial charge in [0.25, 0.3) is 0 Å². The minimum Gasteiger partial charge on any atom is -0.436 e. The lowest BCUT2D eigenvalue weighted by molar-refractivity contribution is -0.137. The second-order valence-corrected chi connectivity index (χ2v) is 4.89. The second-order valence-electron chi connectivity index (χ2n) is 4.18. The number of alkyl halides is 3. The summed E-state index contributed by atoms with van der Waals surface area (Å²) in [4.78, 5) is 12.2. The number of carbonyl (C=O) groups is 1. The number of Topliss-reactive ketones (excluding diaryl/α,β-unsaturated/α-hetero) is 1. The first-order valence-corrected chi connectivity index (χ1v) is 7.22. The highest BCUT2D eigenvalue weighted by Gasteiger charge is 2.34. The van der Waals surface area contributed by atoms with Crippen LogP contribution in [0.15, 0.2) is 41.3 Å². The number of nitrogens with one attached hydrogen (secondary N) is 1. The van der Waals surface area contributed by atoms with Crippen molar-refractivity contribution >= 4 is 23.1 Å². The number of carbonyl (C=O) groups excluding carboxylic acids is 1. The van der Waals surface area contributed by atoms with Crippen LogP contribution in [0.2, 0.25) is 0 Å². The summed E-state index contributed by atoms with van der Waals surface area (Å²) in [6.45, 7) is 0. The molecule has 0 bridgehead atoms. The highest BCUT2D eigenvalue weighted by molar-refractivity contribution is 8.01. The fourth-order valence-electron chi connectivity index (χ4n) is 1.91. The van der Waals surface area contributed by atoms with E-state index in [2.05, 4.69) is 5.32 Å². The third-order valence-corrected chi connectivity index (χ3v) is 3.27. The lowest BCUT2D eigenvalue weighted by Crippen LogP contribution is -2.09. The van der Waals surface area contributed by atoms with E-state index in [1.165, 1.54) is 36.4 Å². The van der Waals surface area contributed by atoms with Gasteiger partial charge in [-0.15, -0.1) is 11.8 Å². The summed E-state index contributed by atoms with van der Waals surface area (Å²) < 4.78 is 43.6. The molecule has 2 rings (SSSR count). The molecule has 1 aromatic rings. The number of hydrogen-bond donors (Lipinski definition) is 1. The third kappa shape index (κ3) is 3.07. The number of benzene rings is 1. The van der Waals surface area contributed by atoms with Crippen LogP contribution in [0, 0.1) is 0 Å². The van der Waals surface area contributed by atoms with Gasteiger partial charge in [0.05, 0.1) is 11.1 Å². The predicted molar refractivity (Wildman–Crippen MR) is 75.1 cm³/mol. The van der Waals surface area contributed by atoms with Gasteiger partial charge in [0.15, 0.2) is 5.76 Å². The van der Waals surface area contributed by atoms with Gasteiger partial charge in [-0.25, -0.2) is 0 Å². The molecule has 0 spiro atoms. The molecule has 0 aliphatic carbocycles. The Kier molecular flexibility index (Phi) is 4.32. The first-order chi connectivity index (χ1) is 9.88. The zero-order valence-corrected chi connectivity index (χ0v) is 12.1. The fraction of sp³-hybridized carbons (Fsp3) is 0.214. The van der Waals surface area contributed by atoms with Crippen LogP contribution in [0.1, 0.15) is 11.1 Å². The molecule has 0 saturated carbocycles. The molecule has 21 heavy (non-hydrogen) atoms. The van der Waals surface area contributed by atoms with Crippen LogP contribution in [0.4, 0.5) is 13.2 Å². The number of ether oxygens (including phenoxy) is 1. The van der Waals surface area contributed by atoms with Crippen molar-refractivity contribution in [2.45, 2.75) is 6.18 Å². The number of halogens is 3. The summed E-state index contributed by atoms with van der Waals surface area (Å²) in [5.41, 5.74) is -0.536. The van der Waals surface area contributed by atoms with Gasteiger partial charge in [-0.2, -0.15) is 13.2 Å². The van der Waals surface area contributed by atoms with Gasteiger partial charge in [-0.1, -0.05) is 12.1 Å². The van der Waals surface area contributed by atoms with Gasteiger partial charge in [-0.3, -0.25) is 4.79 Å². The van der Waals surface area contributed by atoms with Crippen molar-refractivity contribution in [1.82, 2.24) is 5.32 Å². The normalized spacial score (nSPS) is 17.4. The topological polar surface area (TPSA) is 38.3 Å². The van der Waals surface area contributed by atoms with E-state index < -0.39 is 17.5 Å².